The second kappa shape index (κ2) is 13.4. The Bertz CT molecular complexity index is 1340. The molecule has 0 bridgehead atoms. The van der Waals surface area contributed by atoms with Gasteiger partial charge in [0.2, 0.25) is 0 Å². The molecule has 3 atom stereocenters. The molecule has 1 heterocycles. The number of aliphatic hydroxyl groups excluding tert-OH is 1. The molecule has 1 aliphatic heterocycles. The molecule has 208 valence electrons. The van der Waals surface area contributed by atoms with E-state index in [1.807, 2.05) is 30.3 Å². The Balaban J connectivity index is 1.60. The van der Waals surface area contributed by atoms with Crippen LogP contribution >= 0.6 is 0 Å². The number of nitrogens with two attached hydrogens (primary N) is 1. The predicted molar refractivity (Wildman–Crippen MR) is 152 cm³/mol. The summed E-state index contributed by atoms with van der Waals surface area (Å²) in [6.45, 7) is 0.515. The standard InChI is InChI=1S/C32H35N3O5/c1-39-20-28-11-7-15-35(28)30(37)24-13-14-25(17-27(16-24)29-12-6-5-10-26(29)19-33)31(38)40-22-32(34,21-36)18-23-8-3-2-4-9-23/h2-6,8-10,12-14,16-17,25,28,36H,7,11,15,18,20-22,34H2,1H3. The molecule has 40 heavy (non-hydrogen) atoms. The van der Waals surface area contributed by atoms with Gasteiger partial charge in [-0.1, -0.05) is 66.8 Å². The predicted octanol–water partition coefficient (Wildman–Crippen LogP) is 3.17. The smallest absolute Gasteiger partial charge is 0.316 e. The molecule has 1 fully saturated rings. The van der Waals surface area contributed by atoms with Crippen molar-refractivity contribution in [2.75, 3.05) is 33.5 Å². The number of amides is 1. The molecule has 2 aromatic rings. The summed E-state index contributed by atoms with van der Waals surface area (Å²) in [7, 11) is 1.62. The van der Waals surface area contributed by atoms with Gasteiger partial charge in [0.15, 0.2) is 0 Å². The van der Waals surface area contributed by atoms with Crippen molar-refractivity contribution in [3.8, 4) is 6.07 Å². The average molecular weight is 542 g/mol. The van der Waals surface area contributed by atoms with E-state index in [0.717, 1.165) is 18.4 Å². The molecule has 2 aromatic carbocycles. The number of nitriles is 1. The van der Waals surface area contributed by atoms with Gasteiger partial charge in [-0.05, 0) is 48.1 Å². The first-order valence-electron chi connectivity index (χ1n) is 13.4. The minimum Gasteiger partial charge on any atom is -0.463 e. The van der Waals surface area contributed by atoms with Crippen LogP contribution in [0.2, 0.25) is 0 Å². The van der Waals surface area contributed by atoms with E-state index in [1.165, 1.54) is 0 Å². The van der Waals surface area contributed by atoms with Gasteiger partial charge in [-0.2, -0.15) is 5.26 Å². The van der Waals surface area contributed by atoms with Crippen LogP contribution < -0.4 is 5.73 Å². The molecule has 0 spiro atoms. The van der Waals surface area contributed by atoms with Gasteiger partial charge < -0.3 is 25.2 Å². The fraction of sp³-hybridized carbons (Fsp3) is 0.344. The molecule has 2 aliphatic rings. The number of carbonyl (C=O) groups is 2. The fourth-order valence-corrected chi connectivity index (χ4v) is 5.10. The summed E-state index contributed by atoms with van der Waals surface area (Å²) in [6.07, 6.45) is 8.76. The molecule has 0 saturated carbocycles. The number of aliphatic hydroxyl groups is 1. The lowest BCUT2D eigenvalue weighted by Gasteiger charge is -2.27. The first kappa shape index (κ1) is 29.0. The Hall–Kier alpha value is -4.03. The fourth-order valence-electron chi connectivity index (χ4n) is 5.10. The number of allylic oxidation sites excluding steroid dienone is 2. The minimum absolute atomic E-state index is 0.0181. The average Bonchev–Trinajstić information content (AvgIpc) is 3.33. The molecule has 4 rings (SSSR count). The quantitative estimate of drug-likeness (QED) is 0.443. The molecule has 3 N–H and O–H groups in total. The van der Waals surface area contributed by atoms with Crippen LogP contribution in [0.25, 0.3) is 5.57 Å². The SMILES string of the molecule is COCC1CCCN1C(=O)C1=CC(c2ccccc2C#N)=CC(C(=O)OCC(N)(CO)Cc2ccccc2)C=C1. The van der Waals surface area contributed by atoms with Crippen molar-refractivity contribution in [2.24, 2.45) is 11.7 Å². The summed E-state index contributed by atoms with van der Waals surface area (Å²) >= 11 is 0. The summed E-state index contributed by atoms with van der Waals surface area (Å²) in [5.74, 6) is -1.56. The number of hydrogen-bond acceptors (Lipinski definition) is 7. The van der Waals surface area contributed by atoms with E-state index in [1.54, 1.807) is 60.6 Å². The zero-order chi connectivity index (χ0) is 28.5. The van der Waals surface area contributed by atoms with E-state index in [4.69, 9.17) is 15.2 Å². The Labute approximate surface area is 235 Å². The van der Waals surface area contributed by atoms with Gasteiger partial charge in [0.1, 0.15) is 6.61 Å². The number of carbonyl (C=O) groups excluding carboxylic acids is 2. The van der Waals surface area contributed by atoms with Crippen molar-refractivity contribution < 1.29 is 24.2 Å². The number of hydrogen-bond donors (Lipinski definition) is 2. The number of esters is 1. The van der Waals surface area contributed by atoms with Gasteiger partial charge in [-0.25, -0.2) is 0 Å². The maximum atomic E-state index is 13.6. The van der Waals surface area contributed by atoms with Gasteiger partial charge in [-0.3, -0.25) is 9.59 Å². The maximum absolute atomic E-state index is 13.6. The third-order valence-electron chi connectivity index (χ3n) is 7.24. The Morgan fingerprint density at radius 1 is 1.18 bits per heavy atom. The summed E-state index contributed by atoms with van der Waals surface area (Å²) < 4.78 is 11.0. The van der Waals surface area contributed by atoms with E-state index >= 15 is 0 Å². The van der Waals surface area contributed by atoms with Crippen LogP contribution in [0.4, 0.5) is 0 Å². The second-order valence-electron chi connectivity index (χ2n) is 10.3. The van der Waals surface area contributed by atoms with Crippen molar-refractivity contribution in [1.82, 2.24) is 4.90 Å². The first-order valence-corrected chi connectivity index (χ1v) is 13.4. The van der Waals surface area contributed by atoms with E-state index in [0.29, 0.717) is 41.8 Å². The van der Waals surface area contributed by atoms with Crippen LogP contribution in [0.3, 0.4) is 0 Å². The van der Waals surface area contributed by atoms with Crippen molar-refractivity contribution in [3.05, 3.63) is 101 Å². The van der Waals surface area contributed by atoms with Crippen molar-refractivity contribution in [3.63, 3.8) is 0 Å². The van der Waals surface area contributed by atoms with E-state index in [9.17, 15) is 20.0 Å². The summed E-state index contributed by atoms with van der Waals surface area (Å²) in [5.41, 5.74) is 8.17. The van der Waals surface area contributed by atoms with Crippen LogP contribution in [0.5, 0.6) is 0 Å². The van der Waals surface area contributed by atoms with Gasteiger partial charge in [0.25, 0.3) is 5.91 Å². The monoisotopic (exact) mass is 541 g/mol. The molecule has 1 amide bonds. The molecule has 0 aromatic heterocycles. The maximum Gasteiger partial charge on any atom is 0.316 e. The number of ether oxygens (including phenoxy) is 2. The zero-order valence-electron chi connectivity index (χ0n) is 22.7. The number of methoxy groups -OCH3 is 1. The topological polar surface area (TPSA) is 126 Å². The molecule has 1 aliphatic carbocycles. The summed E-state index contributed by atoms with van der Waals surface area (Å²) in [6, 6.07) is 18.7. The third kappa shape index (κ3) is 6.93. The van der Waals surface area contributed by atoms with Gasteiger partial charge >= 0.3 is 5.97 Å². The normalized spacial score (nSPS) is 20.1. The van der Waals surface area contributed by atoms with Crippen LogP contribution in [0, 0.1) is 17.2 Å². The van der Waals surface area contributed by atoms with Crippen LogP contribution in [-0.2, 0) is 25.5 Å². The zero-order valence-corrected chi connectivity index (χ0v) is 22.7. The van der Waals surface area contributed by atoms with E-state index < -0.39 is 17.4 Å². The van der Waals surface area contributed by atoms with E-state index in [2.05, 4.69) is 6.07 Å². The lowest BCUT2D eigenvalue weighted by atomic mass is 9.93. The molecule has 8 heteroatoms. The summed E-state index contributed by atoms with van der Waals surface area (Å²) in [4.78, 5) is 28.7. The molecule has 0 radical (unpaired) electrons. The van der Waals surface area contributed by atoms with Crippen molar-refractivity contribution in [2.45, 2.75) is 30.8 Å². The third-order valence-corrected chi connectivity index (χ3v) is 7.24. The highest BCUT2D eigenvalue weighted by Gasteiger charge is 2.32. The first-order chi connectivity index (χ1) is 19.4. The number of rotatable bonds is 10. The highest BCUT2D eigenvalue weighted by atomic mass is 16.5. The Morgan fingerprint density at radius 3 is 2.65 bits per heavy atom. The molecular formula is C32H35N3O5. The molecular weight excluding hydrogens is 506 g/mol. The van der Waals surface area contributed by atoms with Crippen LogP contribution in [0.15, 0.2) is 84.5 Å². The van der Waals surface area contributed by atoms with Crippen molar-refractivity contribution >= 4 is 17.4 Å². The second-order valence-corrected chi connectivity index (χ2v) is 10.3. The Kier molecular flexibility index (Phi) is 9.67. The van der Waals surface area contributed by atoms with Crippen molar-refractivity contribution in [1.29, 1.82) is 5.26 Å². The van der Waals surface area contributed by atoms with Crippen LogP contribution in [0.1, 0.15) is 29.5 Å². The van der Waals surface area contributed by atoms with Gasteiger partial charge in [-0.15, -0.1) is 0 Å². The highest BCUT2D eigenvalue weighted by Crippen LogP contribution is 2.29. The molecule has 3 unspecified atom stereocenters. The number of likely N-dealkylation sites (tertiary alicyclic amines) is 1. The van der Waals surface area contributed by atoms with Gasteiger partial charge in [0.05, 0.1) is 42.3 Å². The minimum atomic E-state index is -1.16. The number of nitrogens with zero attached hydrogens (tertiary/aromatic N) is 2. The highest BCUT2D eigenvalue weighted by molar-refractivity contribution is 6.01. The Morgan fingerprint density at radius 2 is 1.93 bits per heavy atom. The van der Waals surface area contributed by atoms with E-state index in [-0.39, 0.29) is 25.2 Å². The largest absolute Gasteiger partial charge is 0.463 e. The molecule has 1 saturated heterocycles. The number of benzene rings is 2. The molecule has 8 nitrogen and oxygen atoms in total. The van der Waals surface area contributed by atoms with Crippen LogP contribution in [-0.4, -0.2) is 66.9 Å². The lowest BCUT2D eigenvalue weighted by Crippen LogP contribution is -2.50. The van der Waals surface area contributed by atoms with Gasteiger partial charge in [0, 0.05) is 19.2 Å². The lowest BCUT2D eigenvalue weighted by molar-refractivity contribution is -0.147. The summed E-state index contributed by atoms with van der Waals surface area (Å²) in [5, 5.41) is 19.7.